The van der Waals surface area contributed by atoms with Gasteiger partial charge in [-0.2, -0.15) is 0 Å². The first-order chi connectivity index (χ1) is 15.2. The number of hydrogen-bond acceptors (Lipinski definition) is 3. The SMILES string of the molecule is CC1CC2(C)CCC3C(=CCC4(C)C(C)CCC34)CC2=C(OC(=O)c2ccccc2)C1=O. The molecule has 1 aromatic carbocycles. The van der Waals surface area contributed by atoms with Gasteiger partial charge in [0.2, 0.25) is 5.78 Å². The molecule has 2 saturated carbocycles. The van der Waals surface area contributed by atoms with Gasteiger partial charge in [0.25, 0.3) is 0 Å². The van der Waals surface area contributed by atoms with E-state index in [0.29, 0.717) is 22.7 Å². The van der Waals surface area contributed by atoms with Crippen LogP contribution in [0.25, 0.3) is 0 Å². The topological polar surface area (TPSA) is 43.4 Å². The summed E-state index contributed by atoms with van der Waals surface area (Å²) in [6.45, 7) is 9.23. The Morgan fingerprint density at radius 3 is 2.56 bits per heavy atom. The Labute approximate surface area is 192 Å². The highest BCUT2D eigenvalue weighted by atomic mass is 16.5. The van der Waals surface area contributed by atoms with Gasteiger partial charge in [-0.25, -0.2) is 4.79 Å². The number of ether oxygens (including phenoxy) is 1. The fraction of sp³-hybridized carbons (Fsp3) is 0.586. The van der Waals surface area contributed by atoms with Gasteiger partial charge in [0.15, 0.2) is 5.76 Å². The zero-order valence-electron chi connectivity index (χ0n) is 19.9. The predicted octanol–water partition coefficient (Wildman–Crippen LogP) is 6.90. The van der Waals surface area contributed by atoms with Crippen LogP contribution < -0.4 is 0 Å². The van der Waals surface area contributed by atoms with Crippen molar-refractivity contribution in [2.45, 2.75) is 72.6 Å². The van der Waals surface area contributed by atoms with Gasteiger partial charge >= 0.3 is 5.97 Å². The van der Waals surface area contributed by atoms with Gasteiger partial charge < -0.3 is 4.74 Å². The standard InChI is InChI=1S/C29H36O3/c1-18-17-28(3)14-13-22-21(12-15-29(4)19(2)10-11-23(22)29)16-24(28)26(25(18)30)32-27(31)20-8-6-5-7-9-20/h5-9,12,18-19,22-23H,10-11,13-17H2,1-4H3. The van der Waals surface area contributed by atoms with Gasteiger partial charge in [-0.1, -0.05) is 57.5 Å². The normalized spacial score (nSPS) is 38.9. The summed E-state index contributed by atoms with van der Waals surface area (Å²) in [6.07, 6.45) is 10.2. The Bertz CT molecular complexity index is 1000. The molecule has 170 valence electrons. The third-order valence-electron chi connectivity index (χ3n) is 9.67. The third-order valence-corrected chi connectivity index (χ3v) is 9.67. The quantitative estimate of drug-likeness (QED) is 0.377. The summed E-state index contributed by atoms with van der Waals surface area (Å²) in [5, 5.41) is 0. The molecule has 1 aromatic rings. The lowest BCUT2D eigenvalue weighted by Gasteiger charge is -2.44. The summed E-state index contributed by atoms with van der Waals surface area (Å²) >= 11 is 0. The van der Waals surface area contributed by atoms with Gasteiger partial charge in [-0.05, 0) is 91.2 Å². The Hall–Kier alpha value is -2.16. The summed E-state index contributed by atoms with van der Waals surface area (Å²) in [4.78, 5) is 26.2. The molecule has 0 saturated heterocycles. The number of esters is 1. The molecule has 3 nitrogen and oxygen atoms in total. The molecule has 6 atom stereocenters. The van der Waals surface area contributed by atoms with Crippen LogP contribution in [-0.2, 0) is 9.53 Å². The van der Waals surface area contributed by atoms with Crippen molar-refractivity contribution in [2.75, 3.05) is 0 Å². The second-order valence-corrected chi connectivity index (χ2v) is 11.5. The first kappa shape index (κ1) is 21.7. The molecule has 4 aliphatic carbocycles. The molecule has 0 amide bonds. The molecular weight excluding hydrogens is 396 g/mol. The molecule has 32 heavy (non-hydrogen) atoms. The van der Waals surface area contributed by atoms with Crippen molar-refractivity contribution in [2.24, 2.45) is 34.5 Å². The molecule has 0 aliphatic heterocycles. The van der Waals surface area contributed by atoms with Gasteiger partial charge in [0.1, 0.15) is 0 Å². The second kappa shape index (κ2) is 7.71. The van der Waals surface area contributed by atoms with Crippen LogP contribution >= 0.6 is 0 Å². The highest BCUT2D eigenvalue weighted by Crippen LogP contribution is 2.62. The lowest BCUT2D eigenvalue weighted by molar-refractivity contribution is -0.123. The van der Waals surface area contributed by atoms with E-state index in [1.54, 1.807) is 12.1 Å². The highest BCUT2D eigenvalue weighted by molar-refractivity contribution is 6.01. The average Bonchev–Trinajstić information content (AvgIpc) is 2.99. The van der Waals surface area contributed by atoms with Crippen molar-refractivity contribution in [3.05, 3.63) is 58.9 Å². The van der Waals surface area contributed by atoms with Crippen molar-refractivity contribution < 1.29 is 14.3 Å². The summed E-state index contributed by atoms with van der Waals surface area (Å²) in [7, 11) is 0. The maximum absolute atomic E-state index is 13.3. The number of benzene rings is 1. The number of ketones is 1. The molecule has 3 heteroatoms. The third kappa shape index (κ3) is 3.31. The van der Waals surface area contributed by atoms with E-state index in [4.69, 9.17) is 4.74 Å². The van der Waals surface area contributed by atoms with Crippen LogP contribution in [0.3, 0.4) is 0 Å². The number of Topliss-reactive ketones (excluding diaryl/α,β-unsaturated/α-hetero) is 1. The molecular formula is C29H36O3. The van der Waals surface area contributed by atoms with Crippen LogP contribution in [0.2, 0.25) is 0 Å². The van der Waals surface area contributed by atoms with Crippen LogP contribution in [0.1, 0.15) is 83.0 Å². The number of rotatable bonds is 2. The van der Waals surface area contributed by atoms with Crippen molar-refractivity contribution in [1.29, 1.82) is 0 Å². The van der Waals surface area contributed by atoms with E-state index >= 15 is 0 Å². The van der Waals surface area contributed by atoms with Crippen molar-refractivity contribution in [3.8, 4) is 0 Å². The van der Waals surface area contributed by atoms with E-state index < -0.39 is 5.97 Å². The fourth-order valence-corrected chi connectivity index (χ4v) is 7.42. The van der Waals surface area contributed by atoms with E-state index in [0.717, 1.165) is 43.1 Å². The smallest absolute Gasteiger partial charge is 0.343 e. The number of carbonyl (C=O) groups is 2. The minimum Gasteiger partial charge on any atom is -0.419 e. The molecule has 5 rings (SSSR count). The summed E-state index contributed by atoms with van der Waals surface area (Å²) in [5.41, 5.74) is 3.39. The predicted molar refractivity (Wildman–Crippen MR) is 126 cm³/mol. The van der Waals surface area contributed by atoms with Crippen molar-refractivity contribution in [1.82, 2.24) is 0 Å². The zero-order valence-corrected chi connectivity index (χ0v) is 19.9. The molecule has 2 fully saturated rings. The van der Waals surface area contributed by atoms with E-state index in [2.05, 4.69) is 26.8 Å². The van der Waals surface area contributed by atoms with Crippen LogP contribution in [0.4, 0.5) is 0 Å². The van der Waals surface area contributed by atoms with Crippen molar-refractivity contribution in [3.63, 3.8) is 0 Å². The fourth-order valence-electron chi connectivity index (χ4n) is 7.42. The Morgan fingerprint density at radius 1 is 1.06 bits per heavy atom. The van der Waals surface area contributed by atoms with Gasteiger partial charge in [-0.15, -0.1) is 0 Å². The molecule has 0 aromatic heterocycles. The van der Waals surface area contributed by atoms with Gasteiger partial charge in [-0.3, -0.25) is 4.79 Å². The van der Waals surface area contributed by atoms with Crippen molar-refractivity contribution >= 4 is 11.8 Å². The Balaban J connectivity index is 1.54. The molecule has 0 heterocycles. The number of hydrogen-bond donors (Lipinski definition) is 0. The summed E-state index contributed by atoms with van der Waals surface area (Å²) < 4.78 is 5.92. The molecule has 0 radical (unpaired) electrons. The van der Waals surface area contributed by atoms with Crippen LogP contribution in [0.15, 0.2) is 53.3 Å². The minimum atomic E-state index is -0.423. The number of carbonyl (C=O) groups excluding carboxylic acids is 2. The van der Waals surface area contributed by atoms with Crippen LogP contribution in [0, 0.1) is 34.5 Å². The average molecular weight is 433 g/mol. The van der Waals surface area contributed by atoms with Gasteiger partial charge in [0, 0.05) is 5.92 Å². The maximum Gasteiger partial charge on any atom is 0.343 e. The minimum absolute atomic E-state index is 0.00376. The zero-order chi connectivity index (χ0) is 22.7. The first-order valence-corrected chi connectivity index (χ1v) is 12.5. The van der Waals surface area contributed by atoms with Crippen LogP contribution in [0.5, 0.6) is 0 Å². The molecule has 6 unspecified atom stereocenters. The highest BCUT2D eigenvalue weighted by Gasteiger charge is 2.53. The summed E-state index contributed by atoms with van der Waals surface area (Å²) in [6, 6.07) is 9.03. The monoisotopic (exact) mass is 432 g/mol. The Kier molecular flexibility index (Phi) is 5.22. The molecule has 0 spiro atoms. The van der Waals surface area contributed by atoms with E-state index in [9.17, 15) is 9.59 Å². The maximum atomic E-state index is 13.3. The molecule has 0 bridgehead atoms. The first-order valence-electron chi connectivity index (χ1n) is 12.5. The van der Waals surface area contributed by atoms with E-state index in [-0.39, 0.29) is 17.1 Å². The lowest BCUT2D eigenvalue weighted by atomic mass is 9.61. The lowest BCUT2D eigenvalue weighted by Crippen LogP contribution is -2.35. The van der Waals surface area contributed by atoms with E-state index in [1.807, 2.05) is 25.1 Å². The largest absolute Gasteiger partial charge is 0.419 e. The molecule has 4 aliphatic rings. The molecule has 0 N–H and O–H groups in total. The second-order valence-electron chi connectivity index (χ2n) is 11.5. The number of fused-ring (bicyclic) bond motifs is 4. The van der Waals surface area contributed by atoms with E-state index in [1.165, 1.54) is 24.8 Å². The Morgan fingerprint density at radius 2 is 1.81 bits per heavy atom. The van der Waals surface area contributed by atoms with Gasteiger partial charge in [0.05, 0.1) is 5.56 Å². The summed E-state index contributed by atoms with van der Waals surface area (Å²) in [5.74, 6) is 1.91. The van der Waals surface area contributed by atoms with Crippen LogP contribution in [-0.4, -0.2) is 11.8 Å². The number of allylic oxidation sites excluding steroid dienone is 4.